The molecule has 1 aromatic rings. The maximum atomic E-state index is 11.1. The molecule has 0 fully saturated rings. The molecule has 4 N–H and O–H groups in total. The van der Waals surface area contributed by atoms with Crippen LogP contribution in [0.5, 0.6) is 0 Å². The molecule has 1 aromatic carbocycles. The summed E-state index contributed by atoms with van der Waals surface area (Å²) in [5.74, 6) is -2.54. The SMILES string of the molecule is CC(C)c1ccc(/C=C/C[C@@H](C[C@H](N)C(=O)O)C(=O)O)cc1. The van der Waals surface area contributed by atoms with Crippen molar-refractivity contribution < 1.29 is 19.8 Å². The number of hydrogen-bond donors (Lipinski definition) is 3. The predicted octanol–water partition coefficient (Wildman–Crippen LogP) is 2.72. The van der Waals surface area contributed by atoms with Crippen LogP contribution < -0.4 is 5.73 Å². The van der Waals surface area contributed by atoms with E-state index in [1.807, 2.05) is 30.3 Å². The van der Waals surface area contributed by atoms with Crippen molar-refractivity contribution in [2.45, 2.75) is 38.6 Å². The summed E-state index contributed by atoms with van der Waals surface area (Å²) in [5, 5.41) is 17.9. The van der Waals surface area contributed by atoms with E-state index in [-0.39, 0.29) is 12.8 Å². The van der Waals surface area contributed by atoms with Crippen molar-refractivity contribution >= 4 is 18.0 Å². The summed E-state index contributed by atoms with van der Waals surface area (Å²) < 4.78 is 0. The molecule has 0 spiro atoms. The Kier molecular flexibility index (Phi) is 6.79. The molecule has 0 saturated carbocycles. The molecule has 0 saturated heterocycles. The molecule has 0 unspecified atom stereocenters. The zero-order valence-electron chi connectivity index (χ0n) is 12.9. The highest BCUT2D eigenvalue weighted by atomic mass is 16.4. The average molecular weight is 305 g/mol. The number of nitrogens with two attached hydrogens (primary N) is 1. The van der Waals surface area contributed by atoms with Gasteiger partial charge in [-0.3, -0.25) is 9.59 Å². The number of allylic oxidation sites excluding steroid dienone is 1. The quantitative estimate of drug-likeness (QED) is 0.685. The van der Waals surface area contributed by atoms with E-state index in [0.29, 0.717) is 5.92 Å². The molecule has 0 aliphatic heterocycles. The molecule has 0 aromatic heterocycles. The molecular formula is C17H23NO4. The van der Waals surface area contributed by atoms with Gasteiger partial charge in [0.1, 0.15) is 6.04 Å². The van der Waals surface area contributed by atoms with E-state index < -0.39 is 23.9 Å². The Bertz CT molecular complexity index is 534. The molecule has 0 bridgehead atoms. The van der Waals surface area contributed by atoms with Gasteiger partial charge in [-0.15, -0.1) is 0 Å². The molecule has 22 heavy (non-hydrogen) atoms. The first kappa shape index (κ1) is 17.9. The lowest BCUT2D eigenvalue weighted by Gasteiger charge is -2.12. The van der Waals surface area contributed by atoms with Gasteiger partial charge in [-0.05, 0) is 29.9 Å². The summed E-state index contributed by atoms with van der Waals surface area (Å²) in [7, 11) is 0. The summed E-state index contributed by atoms with van der Waals surface area (Å²) >= 11 is 0. The number of rotatable bonds is 8. The normalized spacial score (nSPS) is 14.2. The zero-order chi connectivity index (χ0) is 16.7. The summed E-state index contributed by atoms with van der Waals surface area (Å²) in [6, 6.07) is 6.88. The van der Waals surface area contributed by atoms with Gasteiger partial charge in [0.2, 0.25) is 0 Å². The van der Waals surface area contributed by atoms with Crippen LogP contribution in [-0.2, 0) is 9.59 Å². The van der Waals surface area contributed by atoms with Gasteiger partial charge in [0.15, 0.2) is 0 Å². The first-order valence-electron chi connectivity index (χ1n) is 7.29. The number of carboxylic acid groups (broad SMARTS) is 2. The van der Waals surface area contributed by atoms with E-state index in [4.69, 9.17) is 15.9 Å². The fraction of sp³-hybridized carbons (Fsp3) is 0.412. The van der Waals surface area contributed by atoms with Gasteiger partial charge in [-0.25, -0.2) is 0 Å². The van der Waals surface area contributed by atoms with E-state index in [2.05, 4.69) is 13.8 Å². The second-order valence-corrected chi connectivity index (χ2v) is 5.68. The lowest BCUT2D eigenvalue weighted by molar-refractivity contribution is -0.143. The van der Waals surface area contributed by atoms with Crippen LogP contribution in [-0.4, -0.2) is 28.2 Å². The lowest BCUT2D eigenvalue weighted by Crippen LogP contribution is -2.34. The topological polar surface area (TPSA) is 101 Å². The minimum atomic E-state index is -1.18. The Morgan fingerprint density at radius 3 is 2.18 bits per heavy atom. The molecule has 0 aliphatic carbocycles. The molecule has 2 atom stereocenters. The molecule has 0 amide bonds. The van der Waals surface area contributed by atoms with Crippen LogP contribution in [0, 0.1) is 5.92 Å². The van der Waals surface area contributed by atoms with Crippen molar-refractivity contribution in [1.29, 1.82) is 0 Å². The molecule has 5 heteroatoms. The molecule has 120 valence electrons. The molecule has 5 nitrogen and oxygen atoms in total. The molecule has 1 rings (SSSR count). The van der Waals surface area contributed by atoms with E-state index in [0.717, 1.165) is 5.56 Å². The van der Waals surface area contributed by atoms with Gasteiger partial charge in [-0.2, -0.15) is 0 Å². The third-order valence-electron chi connectivity index (χ3n) is 3.54. The summed E-state index contributed by atoms with van der Waals surface area (Å²) in [6.07, 6.45) is 3.76. The van der Waals surface area contributed by atoms with Gasteiger partial charge in [0, 0.05) is 0 Å². The maximum Gasteiger partial charge on any atom is 0.320 e. The van der Waals surface area contributed by atoms with Crippen molar-refractivity contribution in [3.63, 3.8) is 0 Å². The van der Waals surface area contributed by atoms with Crippen LogP contribution >= 0.6 is 0 Å². The zero-order valence-corrected chi connectivity index (χ0v) is 12.9. The van der Waals surface area contributed by atoms with E-state index in [9.17, 15) is 9.59 Å². The van der Waals surface area contributed by atoms with Gasteiger partial charge in [0.25, 0.3) is 0 Å². The second-order valence-electron chi connectivity index (χ2n) is 5.68. The Labute approximate surface area is 130 Å². The third kappa shape index (κ3) is 5.69. The van der Waals surface area contributed by atoms with Crippen LogP contribution in [0.1, 0.15) is 43.7 Å². The number of carboxylic acids is 2. The standard InChI is InChI=1S/C17H23NO4/c1-11(2)13-8-6-12(7-9-13)4-3-5-14(16(19)20)10-15(18)17(21)22/h3-4,6-9,11,14-15H,5,10,18H2,1-2H3,(H,19,20)(H,21,22)/b4-3+/t14-,15-/m0/s1. The molecule has 0 heterocycles. The minimum absolute atomic E-state index is 0.0820. The van der Waals surface area contributed by atoms with E-state index in [1.54, 1.807) is 6.08 Å². The van der Waals surface area contributed by atoms with Crippen LogP contribution in [0.2, 0.25) is 0 Å². The molecule has 0 aliphatic rings. The van der Waals surface area contributed by atoms with Crippen LogP contribution in [0.3, 0.4) is 0 Å². The van der Waals surface area contributed by atoms with Crippen molar-refractivity contribution in [3.05, 3.63) is 41.5 Å². The number of aliphatic carboxylic acids is 2. The van der Waals surface area contributed by atoms with Crippen molar-refractivity contribution in [2.75, 3.05) is 0 Å². The van der Waals surface area contributed by atoms with Gasteiger partial charge < -0.3 is 15.9 Å². The number of hydrogen-bond acceptors (Lipinski definition) is 3. The maximum absolute atomic E-state index is 11.1. The Morgan fingerprint density at radius 1 is 1.14 bits per heavy atom. The van der Waals surface area contributed by atoms with Crippen molar-refractivity contribution in [2.24, 2.45) is 11.7 Å². The third-order valence-corrected chi connectivity index (χ3v) is 3.54. The highest BCUT2D eigenvalue weighted by molar-refractivity contribution is 5.76. The smallest absolute Gasteiger partial charge is 0.320 e. The monoisotopic (exact) mass is 305 g/mol. The highest BCUT2D eigenvalue weighted by Gasteiger charge is 2.23. The van der Waals surface area contributed by atoms with Gasteiger partial charge in [-0.1, -0.05) is 50.3 Å². The lowest BCUT2D eigenvalue weighted by atomic mass is 9.96. The number of carbonyl (C=O) groups is 2. The summed E-state index contributed by atoms with van der Waals surface area (Å²) in [5.41, 5.74) is 7.62. The Hall–Kier alpha value is -2.14. The largest absolute Gasteiger partial charge is 0.481 e. The predicted molar refractivity (Wildman–Crippen MR) is 85.5 cm³/mol. The van der Waals surface area contributed by atoms with Crippen molar-refractivity contribution in [3.8, 4) is 0 Å². The first-order chi connectivity index (χ1) is 10.3. The number of benzene rings is 1. The summed E-state index contributed by atoms with van der Waals surface area (Å²) in [6.45, 7) is 4.24. The summed E-state index contributed by atoms with van der Waals surface area (Å²) in [4.78, 5) is 21.8. The van der Waals surface area contributed by atoms with Crippen molar-refractivity contribution in [1.82, 2.24) is 0 Å². The van der Waals surface area contributed by atoms with Gasteiger partial charge >= 0.3 is 11.9 Å². The van der Waals surface area contributed by atoms with Crippen LogP contribution in [0.25, 0.3) is 6.08 Å². The van der Waals surface area contributed by atoms with E-state index in [1.165, 1.54) is 5.56 Å². The van der Waals surface area contributed by atoms with E-state index >= 15 is 0 Å². The van der Waals surface area contributed by atoms with Crippen LogP contribution in [0.15, 0.2) is 30.3 Å². The molecular weight excluding hydrogens is 282 g/mol. The second kappa shape index (κ2) is 8.34. The Morgan fingerprint density at radius 2 is 1.73 bits per heavy atom. The highest BCUT2D eigenvalue weighted by Crippen LogP contribution is 2.17. The fourth-order valence-electron chi connectivity index (χ4n) is 2.07. The molecule has 0 radical (unpaired) electrons. The van der Waals surface area contributed by atoms with Crippen LogP contribution in [0.4, 0.5) is 0 Å². The average Bonchev–Trinajstić information content (AvgIpc) is 2.46. The Balaban J connectivity index is 2.64. The first-order valence-corrected chi connectivity index (χ1v) is 7.29. The fourth-order valence-corrected chi connectivity index (χ4v) is 2.07. The van der Waals surface area contributed by atoms with Gasteiger partial charge in [0.05, 0.1) is 5.92 Å². The minimum Gasteiger partial charge on any atom is -0.481 e.